The lowest BCUT2D eigenvalue weighted by molar-refractivity contribution is 0.0600. The number of hydrogen-bond acceptors (Lipinski definition) is 4. The molecule has 1 saturated carbocycles. The molecule has 6 nitrogen and oxygen atoms in total. The molecule has 2 fully saturated rings. The molecule has 0 spiro atoms. The van der Waals surface area contributed by atoms with Crippen molar-refractivity contribution in [2.75, 3.05) is 13.7 Å². The lowest BCUT2D eigenvalue weighted by Crippen LogP contribution is -2.44. The number of carbonyl (C=O) groups excluding carboxylic acids is 2. The lowest BCUT2D eigenvalue weighted by Gasteiger charge is -2.31. The largest absolute Gasteiger partial charge is 0.465 e. The second kappa shape index (κ2) is 11.0. The molecule has 2 amide bonds. The number of nitrogens with zero attached hydrogens (tertiary/aromatic N) is 1. The highest BCUT2D eigenvalue weighted by Crippen LogP contribution is 2.53. The van der Waals surface area contributed by atoms with Crippen molar-refractivity contribution in [2.45, 2.75) is 76.0 Å². The second-order valence-electron chi connectivity index (χ2n) is 11.6. The molecule has 0 radical (unpaired) electrons. The Bertz CT molecular complexity index is 1360. The van der Waals surface area contributed by atoms with Gasteiger partial charge in [0.25, 0.3) is 0 Å². The Hall–Kier alpha value is -3.38. The Morgan fingerprint density at radius 1 is 0.923 bits per heavy atom. The highest BCUT2D eigenvalue weighted by atomic mass is 16.5. The fourth-order valence-electron chi connectivity index (χ4n) is 7.31. The molecular weight excluding hydrogens is 486 g/mol. The zero-order chi connectivity index (χ0) is 26.9. The first-order valence-electron chi connectivity index (χ1n) is 14.5. The van der Waals surface area contributed by atoms with E-state index in [1.54, 1.807) is 0 Å². The van der Waals surface area contributed by atoms with Crippen LogP contribution in [0, 0.1) is 5.92 Å². The zero-order valence-electron chi connectivity index (χ0n) is 23.0. The molecule has 6 heteroatoms. The molecule has 0 aromatic heterocycles. The van der Waals surface area contributed by atoms with Gasteiger partial charge in [-0.05, 0) is 104 Å². The van der Waals surface area contributed by atoms with Crippen LogP contribution in [0.4, 0.5) is 4.79 Å². The van der Waals surface area contributed by atoms with E-state index in [9.17, 15) is 9.59 Å². The van der Waals surface area contributed by atoms with Gasteiger partial charge in [0.2, 0.25) is 0 Å². The van der Waals surface area contributed by atoms with Gasteiger partial charge in [-0.1, -0.05) is 48.5 Å². The third-order valence-electron chi connectivity index (χ3n) is 9.36. The summed E-state index contributed by atoms with van der Waals surface area (Å²) in [7, 11) is 1.44. The standard InChI is InChI=1S/C33H39N3O3/c1-21(26-9-5-7-23-6-3-4-8-27(23)26)34-33(38)35-25-13-10-22(11-14-25)18-19-36-30-16-17-31(36)29-20-24(32(37)39-2)12-15-28(29)30/h3-9,12,15,20-22,25,30-31H,10-11,13-14,16-19H2,1-2H3,(H2,34,35,38)/t21-,22?,25?,30-,31+/m0/s1. The summed E-state index contributed by atoms with van der Waals surface area (Å²) in [5.41, 5.74) is 4.53. The Labute approximate surface area is 231 Å². The zero-order valence-corrected chi connectivity index (χ0v) is 23.0. The summed E-state index contributed by atoms with van der Waals surface area (Å²) in [5, 5.41) is 8.79. The van der Waals surface area contributed by atoms with Crippen LogP contribution in [0.2, 0.25) is 0 Å². The predicted octanol–water partition coefficient (Wildman–Crippen LogP) is 6.83. The van der Waals surface area contributed by atoms with Crippen LogP contribution in [0.15, 0.2) is 60.7 Å². The molecule has 3 aliphatic rings. The van der Waals surface area contributed by atoms with E-state index in [-0.39, 0.29) is 24.1 Å². The maximum atomic E-state index is 12.8. The van der Waals surface area contributed by atoms with Crippen molar-refractivity contribution in [1.82, 2.24) is 15.5 Å². The Morgan fingerprint density at radius 3 is 2.46 bits per heavy atom. The van der Waals surface area contributed by atoms with Crippen LogP contribution >= 0.6 is 0 Å². The Balaban J connectivity index is 0.972. The number of urea groups is 1. The molecule has 3 aromatic carbocycles. The number of nitrogens with one attached hydrogen (secondary N) is 2. The van der Waals surface area contributed by atoms with Crippen molar-refractivity contribution in [1.29, 1.82) is 0 Å². The van der Waals surface area contributed by atoms with Gasteiger partial charge >= 0.3 is 12.0 Å². The highest BCUT2D eigenvalue weighted by Gasteiger charge is 2.43. The summed E-state index contributed by atoms with van der Waals surface area (Å²) in [6.07, 6.45) is 7.97. The number of carbonyl (C=O) groups is 2. The summed E-state index contributed by atoms with van der Waals surface area (Å²) in [5.74, 6) is 0.448. The van der Waals surface area contributed by atoms with Gasteiger partial charge in [-0.15, -0.1) is 0 Å². The van der Waals surface area contributed by atoms with Crippen molar-refractivity contribution in [3.05, 3.63) is 82.9 Å². The van der Waals surface area contributed by atoms with Crippen molar-refractivity contribution in [2.24, 2.45) is 5.92 Å². The lowest BCUT2D eigenvalue weighted by atomic mass is 9.84. The third kappa shape index (κ3) is 5.14. The minimum atomic E-state index is -0.255. The van der Waals surface area contributed by atoms with Gasteiger partial charge in [0.1, 0.15) is 0 Å². The van der Waals surface area contributed by atoms with Crippen LogP contribution in [-0.2, 0) is 4.74 Å². The summed E-state index contributed by atoms with van der Waals surface area (Å²) < 4.78 is 4.93. The summed E-state index contributed by atoms with van der Waals surface area (Å²) in [4.78, 5) is 27.5. The minimum absolute atomic E-state index is 0.0592. The minimum Gasteiger partial charge on any atom is -0.465 e. The number of amides is 2. The molecule has 1 aliphatic carbocycles. The monoisotopic (exact) mass is 525 g/mol. The number of rotatable bonds is 7. The molecule has 3 aromatic rings. The van der Waals surface area contributed by atoms with E-state index in [1.165, 1.54) is 48.3 Å². The summed E-state index contributed by atoms with van der Waals surface area (Å²) in [6.45, 7) is 3.15. The van der Waals surface area contributed by atoms with Crippen molar-refractivity contribution in [3.8, 4) is 0 Å². The van der Waals surface area contributed by atoms with Crippen molar-refractivity contribution < 1.29 is 14.3 Å². The van der Waals surface area contributed by atoms with Crippen molar-refractivity contribution in [3.63, 3.8) is 0 Å². The van der Waals surface area contributed by atoms with Crippen LogP contribution in [0.3, 0.4) is 0 Å². The maximum absolute atomic E-state index is 12.8. The number of benzene rings is 3. The molecule has 2 N–H and O–H groups in total. The molecule has 2 bridgehead atoms. The Kier molecular flexibility index (Phi) is 7.30. The van der Waals surface area contributed by atoms with Gasteiger partial charge in [-0.2, -0.15) is 0 Å². The number of methoxy groups -OCH3 is 1. The first-order chi connectivity index (χ1) is 19.0. The quantitative estimate of drug-likeness (QED) is 0.332. The van der Waals surface area contributed by atoms with E-state index in [0.29, 0.717) is 23.6 Å². The van der Waals surface area contributed by atoms with E-state index in [2.05, 4.69) is 64.9 Å². The smallest absolute Gasteiger partial charge is 0.337 e. The molecule has 2 heterocycles. The van der Waals surface area contributed by atoms with Gasteiger partial charge in [0.15, 0.2) is 0 Å². The fourth-order valence-corrected chi connectivity index (χ4v) is 7.31. The van der Waals surface area contributed by atoms with Crippen LogP contribution in [0.5, 0.6) is 0 Å². The van der Waals surface area contributed by atoms with E-state index >= 15 is 0 Å². The van der Waals surface area contributed by atoms with Gasteiger partial charge in [0, 0.05) is 18.1 Å². The number of ether oxygens (including phenoxy) is 1. The SMILES string of the molecule is COC(=O)c1ccc2c(c1)[C@H]1CC[C@@H]2N1CCC1CCC(NC(=O)N[C@@H](C)c2cccc3ccccc23)CC1. The van der Waals surface area contributed by atoms with E-state index in [4.69, 9.17) is 4.74 Å². The normalized spacial score (nSPS) is 24.8. The maximum Gasteiger partial charge on any atom is 0.337 e. The fraction of sp³-hybridized carbons (Fsp3) is 0.455. The predicted molar refractivity (Wildman–Crippen MR) is 154 cm³/mol. The summed E-state index contributed by atoms with van der Waals surface area (Å²) >= 11 is 0. The van der Waals surface area contributed by atoms with Gasteiger partial charge in [0.05, 0.1) is 18.7 Å². The number of fused-ring (bicyclic) bond motifs is 6. The molecule has 6 rings (SSSR count). The van der Waals surface area contributed by atoms with E-state index in [0.717, 1.165) is 37.8 Å². The molecule has 39 heavy (non-hydrogen) atoms. The molecule has 204 valence electrons. The molecule has 1 saturated heterocycles. The topological polar surface area (TPSA) is 70.7 Å². The Morgan fingerprint density at radius 2 is 1.67 bits per heavy atom. The molecule has 2 aliphatic heterocycles. The number of hydrogen-bond donors (Lipinski definition) is 2. The van der Waals surface area contributed by atoms with E-state index in [1.807, 2.05) is 18.2 Å². The summed E-state index contributed by atoms with van der Waals surface area (Å²) in [6, 6.07) is 21.7. The first-order valence-corrected chi connectivity index (χ1v) is 14.5. The van der Waals surface area contributed by atoms with Crippen LogP contribution in [0.1, 0.15) is 97.0 Å². The second-order valence-corrected chi connectivity index (χ2v) is 11.6. The molecule has 3 atom stereocenters. The third-order valence-corrected chi connectivity index (χ3v) is 9.36. The van der Waals surface area contributed by atoms with E-state index < -0.39 is 0 Å². The molecule has 0 unspecified atom stereocenters. The highest BCUT2D eigenvalue weighted by molar-refractivity contribution is 5.90. The van der Waals surface area contributed by atoms with Crippen molar-refractivity contribution >= 4 is 22.8 Å². The van der Waals surface area contributed by atoms with Crippen LogP contribution < -0.4 is 10.6 Å². The molecular formula is C33H39N3O3. The first kappa shape index (κ1) is 25.9. The van der Waals surface area contributed by atoms with Gasteiger partial charge in [-0.3, -0.25) is 4.90 Å². The van der Waals surface area contributed by atoms with Gasteiger partial charge in [-0.25, -0.2) is 9.59 Å². The van der Waals surface area contributed by atoms with Crippen LogP contribution in [0.25, 0.3) is 10.8 Å². The average molecular weight is 526 g/mol. The number of esters is 1. The van der Waals surface area contributed by atoms with Crippen LogP contribution in [-0.4, -0.2) is 36.6 Å². The van der Waals surface area contributed by atoms with Gasteiger partial charge < -0.3 is 15.4 Å². The average Bonchev–Trinajstić information content (AvgIpc) is 3.51.